The molecule has 0 aliphatic heterocycles. The Bertz CT molecular complexity index is 418. The van der Waals surface area contributed by atoms with Crippen LogP contribution in [0.3, 0.4) is 0 Å². The Kier molecular flexibility index (Phi) is 6.30. The Balaban J connectivity index is 2.80. The van der Waals surface area contributed by atoms with E-state index in [2.05, 4.69) is 26.1 Å². The maximum absolute atomic E-state index is 5.94. The number of rotatable bonds is 8. The second-order valence-corrected chi connectivity index (χ2v) is 5.48. The van der Waals surface area contributed by atoms with E-state index in [0.717, 1.165) is 23.5 Å². The highest BCUT2D eigenvalue weighted by Crippen LogP contribution is 2.30. The molecule has 0 aromatic heterocycles. The van der Waals surface area contributed by atoms with E-state index in [-0.39, 0.29) is 11.6 Å². The minimum Gasteiger partial charge on any atom is -0.497 e. The molecule has 0 fully saturated rings. The van der Waals surface area contributed by atoms with Crippen molar-refractivity contribution in [2.24, 2.45) is 0 Å². The fourth-order valence-electron chi connectivity index (χ4n) is 1.79. The number of hydrogen-bond donors (Lipinski definition) is 1. The maximum atomic E-state index is 5.94. The van der Waals surface area contributed by atoms with Crippen molar-refractivity contribution < 1.29 is 14.2 Å². The van der Waals surface area contributed by atoms with Crippen molar-refractivity contribution in [1.29, 1.82) is 0 Å². The second kappa shape index (κ2) is 7.50. The molecule has 0 saturated heterocycles. The van der Waals surface area contributed by atoms with Gasteiger partial charge in [0.1, 0.15) is 11.5 Å². The average Bonchev–Trinajstić information content (AvgIpc) is 2.46. The predicted molar refractivity (Wildman–Crippen MR) is 81.7 cm³/mol. The van der Waals surface area contributed by atoms with Crippen molar-refractivity contribution in [3.8, 4) is 11.5 Å². The lowest BCUT2D eigenvalue weighted by atomic mass is 10.1. The summed E-state index contributed by atoms with van der Waals surface area (Å²) in [5.41, 5.74) is 0.955. The lowest BCUT2D eigenvalue weighted by Gasteiger charge is -2.24. The Hall–Kier alpha value is -1.26. The summed E-state index contributed by atoms with van der Waals surface area (Å²) < 4.78 is 16.6. The summed E-state index contributed by atoms with van der Waals surface area (Å²) in [6.45, 7) is 6.82. The van der Waals surface area contributed by atoms with Gasteiger partial charge in [-0.3, -0.25) is 0 Å². The number of benzene rings is 1. The molecule has 0 aliphatic rings. The molecule has 0 saturated carbocycles. The Morgan fingerprint density at radius 2 is 1.95 bits per heavy atom. The molecular formula is C16H27NO3. The minimum atomic E-state index is -0.173. The van der Waals surface area contributed by atoms with Crippen LogP contribution in [0.4, 0.5) is 0 Å². The van der Waals surface area contributed by atoms with E-state index in [1.807, 2.05) is 25.2 Å². The largest absolute Gasteiger partial charge is 0.497 e. The molecule has 1 aromatic carbocycles. The van der Waals surface area contributed by atoms with Gasteiger partial charge < -0.3 is 19.5 Å². The van der Waals surface area contributed by atoms with Crippen LogP contribution in [0.1, 0.15) is 38.8 Å². The van der Waals surface area contributed by atoms with Crippen molar-refractivity contribution in [2.45, 2.75) is 38.8 Å². The predicted octanol–water partition coefficient (Wildman–Crippen LogP) is 3.17. The monoisotopic (exact) mass is 281 g/mol. The van der Waals surface area contributed by atoms with E-state index < -0.39 is 0 Å². The highest BCUT2D eigenvalue weighted by molar-refractivity contribution is 5.42. The van der Waals surface area contributed by atoms with Crippen molar-refractivity contribution in [2.75, 3.05) is 27.9 Å². The van der Waals surface area contributed by atoms with Gasteiger partial charge in [0.25, 0.3) is 0 Å². The Labute approximate surface area is 122 Å². The van der Waals surface area contributed by atoms with Crippen molar-refractivity contribution in [3.63, 3.8) is 0 Å². The first kappa shape index (κ1) is 16.8. The van der Waals surface area contributed by atoms with E-state index in [1.54, 1.807) is 14.2 Å². The summed E-state index contributed by atoms with van der Waals surface area (Å²) in [7, 11) is 5.32. The van der Waals surface area contributed by atoms with Crippen LogP contribution in [0.15, 0.2) is 18.2 Å². The van der Waals surface area contributed by atoms with Crippen LogP contribution >= 0.6 is 0 Å². The molecular weight excluding hydrogens is 254 g/mol. The molecule has 0 spiro atoms. The first-order chi connectivity index (χ1) is 9.43. The molecule has 0 heterocycles. The van der Waals surface area contributed by atoms with Crippen LogP contribution in [-0.2, 0) is 4.74 Å². The first-order valence-electron chi connectivity index (χ1n) is 6.96. The van der Waals surface area contributed by atoms with Crippen LogP contribution < -0.4 is 14.8 Å². The third kappa shape index (κ3) is 4.69. The lowest BCUT2D eigenvalue weighted by molar-refractivity contribution is 0.00534. The van der Waals surface area contributed by atoms with Crippen molar-refractivity contribution >= 4 is 0 Å². The van der Waals surface area contributed by atoms with Gasteiger partial charge in [0.05, 0.1) is 19.3 Å². The molecule has 1 atom stereocenters. The lowest BCUT2D eigenvalue weighted by Crippen LogP contribution is -2.25. The second-order valence-electron chi connectivity index (χ2n) is 5.48. The highest BCUT2D eigenvalue weighted by Gasteiger charge is 2.17. The zero-order valence-corrected chi connectivity index (χ0v) is 13.4. The number of ether oxygens (including phenoxy) is 3. The van der Waals surface area contributed by atoms with Gasteiger partial charge in [-0.2, -0.15) is 0 Å². The number of hydrogen-bond acceptors (Lipinski definition) is 4. The standard InChI is InChI=1S/C16H27NO3/c1-12(17-4)14-8-7-13(18-5)11-15(14)20-10-9-16(2,3)19-6/h7-8,11-12,17H,9-10H2,1-6H3. The molecule has 4 nitrogen and oxygen atoms in total. The van der Waals surface area contributed by atoms with E-state index >= 15 is 0 Å². The normalized spacial score (nSPS) is 13.1. The molecule has 20 heavy (non-hydrogen) atoms. The average molecular weight is 281 g/mol. The molecule has 0 amide bonds. The van der Waals surface area contributed by atoms with E-state index in [4.69, 9.17) is 14.2 Å². The van der Waals surface area contributed by atoms with E-state index in [0.29, 0.717) is 6.61 Å². The third-order valence-corrected chi connectivity index (χ3v) is 3.63. The van der Waals surface area contributed by atoms with Gasteiger partial charge in [-0.25, -0.2) is 0 Å². The number of methoxy groups -OCH3 is 2. The minimum absolute atomic E-state index is 0.173. The highest BCUT2D eigenvalue weighted by atomic mass is 16.5. The van der Waals surface area contributed by atoms with Gasteiger partial charge in [-0.15, -0.1) is 0 Å². The summed E-state index contributed by atoms with van der Waals surface area (Å²) in [4.78, 5) is 0. The molecule has 114 valence electrons. The SMILES string of the molecule is CNC(C)c1ccc(OC)cc1OCCC(C)(C)OC. The molecule has 1 rings (SSSR count). The van der Waals surface area contributed by atoms with Crippen LogP contribution in [0.2, 0.25) is 0 Å². The summed E-state index contributed by atoms with van der Waals surface area (Å²) >= 11 is 0. The van der Waals surface area contributed by atoms with Gasteiger partial charge in [-0.1, -0.05) is 6.07 Å². The van der Waals surface area contributed by atoms with Gasteiger partial charge in [-0.05, 0) is 33.9 Å². The summed E-state index contributed by atoms with van der Waals surface area (Å²) in [6, 6.07) is 6.15. The topological polar surface area (TPSA) is 39.7 Å². The molecule has 0 radical (unpaired) electrons. The number of nitrogens with one attached hydrogen (secondary N) is 1. The quantitative estimate of drug-likeness (QED) is 0.794. The molecule has 1 N–H and O–H groups in total. The van der Waals surface area contributed by atoms with Gasteiger partial charge in [0.2, 0.25) is 0 Å². The third-order valence-electron chi connectivity index (χ3n) is 3.63. The Morgan fingerprint density at radius 3 is 2.50 bits per heavy atom. The first-order valence-corrected chi connectivity index (χ1v) is 6.96. The fraction of sp³-hybridized carbons (Fsp3) is 0.625. The van der Waals surface area contributed by atoms with Gasteiger partial charge >= 0.3 is 0 Å². The van der Waals surface area contributed by atoms with Crippen LogP contribution in [0.25, 0.3) is 0 Å². The van der Waals surface area contributed by atoms with Crippen molar-refractivity contribution in [1.82, 2.24) is 5.32 Å². The summed E-state index contributed by atoms with van der Waals surface area (Å²) in [5.74, 6) is 1.66. The van der Waals surface area contributed by atoms with Crippen LogP contribution in [0, 0.1) is 0 Å². The fourth-order valence-corrected chi connectivity index (χ4v) is 1.79. The van der Waals surface area contributed by atoms with E-state index in [1.165, 1.54) is 0 Å². The molecule has 0 bridgehead atoms. The zero-order valence-electron chi connectivity index (χ0n) is 13.4. The Morgan fingerprint density at radius 1 is 1.25 bits per heavy atom. The molecule has 4 heteroatoms. The molecule has 0 aliphatic carbocycles. The van der Waals surface area contributed by atoms with Crippen LogP contribution in [0.5, 0.6) is 11.5 Å². The smallest absolute Gasteiger partial charge is 0.127 e. The van der Waals surface area contributed by atoms with E-state index in [9.17, 15) is 0 Å². The zero-order chi connectivity index (χ0) is 15.2. The molecule has 1 unspecified atom stereocenters. The van der Waals surface area contributed by atoms with Gasteiger partial charge in [0.15, 0.2) is 0 Å². The summed E-state index contributed by atoms with van der Waals surface area (Å²) in [6.07, 6.45) is 0.827. The van der Waals surface area contributed by atoms with Gasteiger partial charge in [0, 0.05) is 31.2 Å². The maximum Gasteiger partial charge on any atom is 0.127 e. The summed E-state index contributed by atoms with van der Waals surface area (Å²) in [5, 5.41) is 3.23. The van der Waals surface area contributed by atoms with Crippen molar-refractivity contribution in [3.05, 3.63) is 23.8 Å². The molecule has 1 aromatic rings. The van der Waals surface area contributed by atoms with Crippen LogP contribution in [-0.4, -0.2) is 33.5 Å².